The maximum Gasteiger partial charge on any atom is 0.328 e. The summed E-state index contributed by atoms with van der Waals surface area (Å²) in [5.74, 6) is -1.58. The monoisotopic (exact) mass is 301 g/mol. The van der Waals surface area contributed by atoms with Crippen LogP contribution < -0.4 is 5.32 Å². The number of benzene rings is 2. The smallest absolute Gasteiger partial charge is 0.328 e. The Morgan fingerprint density at radius 2 is 1.86 bits per heavy atom. The second-order valence-electron chi connectivity index (χ2n) is 4.75. The number of esters is 1. The molecule has 0 bridgehead atoms. The average molecular weight is 301 g/mol. The second-order valence-corrected chi connectivity index (χ2v) is 4.75. The zero-order valence-electron chi connectivity index (χ0n) is 12.1. The lowest BCUT2D eigenvalue weighted by atomic mass is 10.1. The van der Waals surface area contributed by atoms with Crippen LogP contribution in [0.4, 0.5) is 4.39 Å². The first kappa shape index (κ1) is 15.7. The molecule has 0 spiro atoms. The molecule has 2 aromatic rings. The average Bonchev–Trinajstić information content (AvgIpc) is 2.54. The highest BCUT2D eigenvalue weighted by molar-refractivity contribution is 5.96. The Morgan fingerprint density at radius 1 is 1.14 bits per heavy atom. The summed E-state index contributed by atoms with van der Waals surface area (Å²) in [6.45, 7) is 0. The van der Waals surface area contributed by atoms with Crippen molar-refractivity contribution >= 4 is 11.9 Å². The van der Waals surface area contributed by atoms with E-state index in [0.717, 1.165) is 11.6 Å². The SMILES string of the molecule is COC(=O)[C@H](Cc1ccccc1)NC(=O)c1cccc(F)c1. The lowest BCUT2D eigenvalue weighted by Crippen LogP contribution is -2.43. The highest BCUT2D eigenvalue weighted by atomic mass is 19.1. The van der Waals surface area contributed by atoms with Crippen LogP contribution in [0.15, 0.2) is 54.6 Å². The molecule has 0 saturated carbocycles. The summed E-state index contributed by atoms with van der Waals surface area (Å²) in [6.07, 6.45) is 0.300. The van der Waals surface area contributed by atoms with E-state index in [2.05, 4.69) is 5.32 Å². The van der Waals surface area contributed by atoms with Gasteiger partial charge in [-0.15, -0.1) is 0 Å². The number of ether oxygens (including phenoxy) is 1. The fourth-order valence-electron chi connectivity index (χ4n) is 2.06. The predicted octanol–water partition coefficient (Wildman–Crippen LogP) is 2.34. The molecule has 0 aliphatic heterocycles. The van der Waals surface area contributed by atoms with Crippen molar-refractivity contribution in [2.45, 2.75) is 12.5 Å². The Balaban J connectivity index is 2.13. The third-order valence-electron chi connectivity index (χ3n) is 3.16. The van der Waals surface area contributed by atoms with Gasteiger partial charge in [0.25, 0.3) is 5.91 Å². The molecule has 0 aliphatic carbocycles. The van der Waals surface area contributed by atoms with Crippen LogP contribution in [0.5, 0.6) is 0 Å². The van der Waals surface area contributed by atoms with Crippen LogP contribution in [-0.2, 0) is 16.0 Å². The van der Waals surface area contributed by atoms with Crippen molar-refractivity contribution in [2.75, 3.05) is 7.11 Å². The summed E-state index contributed by atoms with van der Waals surface area (Å²) in [7, 11) is 1.26. The number of rotatable bonds is 5. The number of halogens is 1. The molecule has 114 valence electrons. The van der Waals surface area contributed by atoms with Crippen molar-refractivity contribution in [3.63, 3.8) is 0 Å². The van der Waals surface area contributed by atoms with Gasteiger partial charge in [-0.2, -0.15) is 0 Å². The molecule has 1 N–H and O–H groups in total. The molecule has 0 aliphatic rings. The van der Waals surface area contributed by atoms with Gasteiger partial charge in [-0.3, -0.25) is 4.79 Å². The van der Waals surface area contributed by atoms with Gasteiger partial charge in [0.05, 0.1) is 7.11 Å². The molecule has 5 heteroatoms. The highest BCUT2D eigenvalue weighted by Crippen LogP contribution is 2.07. The van der Waals surface area contributed by atoms with E-state index in [-0.39, 0.29) is 5.56 Å². The van der Waals surface area contributed by atoms with Gasteiger partial charge in [0, 0.05) is 12.0 Å². The molecule has 0 aromatic heterocycles. The zero-order chi connectivity index (χ0) is 15.9. The maximum absolute atomic E-state index is 13.2. The van der Waals surface area contributed by atoms with Crippen molar-refractivity contribution in [1.29, 1.82) is 0 Å². The Kier molecular flexibility index (Phi) is 5.25. The van der Waals surface area contributed by atoms with Crippen LogP contribution in [0.3, 0.4) is 0 Å². The van der Waals surface area contributed by atoms with E-state index in [9.17, 15) is 14.0 Å². The molecule has 0 fully saturated rings. The van der Waals surface area contributed by atoms with Crippen LogP contribution in [-0.4, -0.2) is 25.0 Å². The van der Waals surface area contributed by atoms with Gasteiger partial charge in [0.2, 0.25) is 0 Å². The number of nitrogens with one attached hydrogen (secondary N) is 1. The molecule has 1 atom stereocenters. The van der Waals surface area contributed by atoms with Gasteiger partial charge in [-0.05, 0) is 23.8 Å². The first-order valence-electron chi connectivity index (χ1n) is 6.78. The minimum atomic E-state index is -0.830. The van der Waals surface area contributed by atoms with Gasteiger partial charge in [0.1, 0.15) is 11.9 Å². The van der Waals surface area contributed by atoms with Crippen molar-refractivity contribution in [3.8, 4) is 0 Å². The number of amides is 1. The first-order valence-corrected chi connectivity index (χ1v) is 6.78. The molecule has 22 heavy (non-hydrogen) atoms. The van der Waals surface area contributed by atoms with E-state index >= 15 is 0 Å². The van der Waals surface area contributed by atoms with Gasteiger partial charge in [-0.1, -0.05) is 36.4 Å². The molecule has 0 saturated heterocycles. The summed E-state index contributed by atoms with van der Waals surface area (Å²) in [5.41, 5.74) is 1.04. The molecule has 2 aromatic carbocycles. The Labute approximate surface area is 127 Å². The van der Waals surface area contributed by atoms with E-state index in [1.165, 1.54) is 25.3 Å². The van der Waals surface area contributed by atoms with Gasteiger partial charge < -0.3 is 10.1 Å². The normalized spacial score (nSPS) is 11.5. The predicted molar refractivity (Wildman–Crippen MR) is 79.8 cm³/mol. The fraction of sp³-hybridized carbons (Fsp3) is 0.176. The van der Waals surface area contributed by atoms with E-state index in [0.29, 0.717) is 6.42 Å². The van der Waals surface area contributed by atoms with E-state index < -0.39 is 23.7 Å². The number of hydrogen-bond donors (Lipinski definition) is 1. The van der Waals surface area contributed by atoms with Crippen molar-refractivity contribution < 1.29 is 18.7 Å². The second kappa shape index (κ2) is 7.36. The van der Waals surface area contributed by atoms with Gasteiger partial charge in [0.15, 0.2) is 0 Å². The Bertz CT molecular complexity index is 658. The molecular weight excluding hydrogens is 285 g/mol. The summed E-state index contributed by atoms with van der Waals surface area (Å²) in [5, 5.41) is 2.58. The van der Waals surface area contributed by atoms with E-state index in [1.807, 2.05) is 30.3 Å². The molecule has 0 unspecified atom stereocenters. The molecule has 4 nitrogen and oxygen atoms in total. The Morgan fingerprint density at radius 3 is 2.50 bits per heavy atom. The largest absolute Gasteiger partial charge is 0.467 e. The van der Waals surface area contributed by atoms with Crippen molar-refractivity contribution in [2.24, 2.45) is 0 Å². The summed E-state index contributed by atoms with van der Waals surface area (Å²) in [4.78, 5) is 24.0. The van der Waals surface area contributed by atoms with Gasteiger partial charge in [-0.25, -0.2) is 9.18 Å². The van der Waals surface area contributed by atoms with Crippen molar-refractivity contribution in [3.05, 3.63) is 71.5 Å². The summed E-state index contributed by atoms with van der Waals surface area (Å²) < 4.78 is 17.9. The topological polar surface area (TPSA) is 55.4 Å². The molecule has 0 radical (unpaired) electrons. The number of methoxy groups -OCH3 is 1. The zero-order valence-corrected chi connectivity index (χ0v) is 12.1. The minimum absolute atomic E-state index is 0.155. The van der Waals surface area contributed by atoms with E-state index in [4.69, 9.17) is 4.74 Å². The molecular formula is C17H16FNO3. The molecule has 1 amide bonds. The number of carbonyl (C=O) groups excluding carboxylic acids is 2. The standard InChI is InChI=1S/C17H16FNO3/c1-22-17(21)15(10-12-6-3-2-4-7-12)19-16(20)13-8-5-9-14(18)11-13/h2-9,11,15H,10H2,1H3,(H,19,20)/t15-/m0/s1. The first-order chi connectivity index (χ1) is 10.6. The Hall–Kier alpha value is -2.69. The van der Waals surface area contributed by atoms with Crippen LogP contribution in [0.2, 0.25) is 0 Å². The maximum atomic E-state index is 13.2. The fourth-order valence-corrected chi connectivity index (χ4v) is 2.06. The number of carbonyl (C=O) groups is 2. The molecule has 0 heterocycles. The van der Waals surface area contributed by atoms with Gasteiger partial charge >= 0.3 is 5.97 Å². The third-order valence-corrected chi connectivity index (χ3v) is 3.16. The summed E-state index contributed by atoms with van der Waals surface area (Å²) >= 11 is 0. The molecule has 2 rings (SSSR count). The highest BCUT2D eigenvalue weighted by Gasteiger charge is 2.22. The van der Waals surface area contributed by atoms with Crippen LogP contribution in [0.25, 0.3) is 0 Å². The van der Waals surface area contributed by atoms with E-state index in [1.54, 1.807) is 0 Å². The van der Waals surface area contributed by atoms with Crippen LogP contribution in [0.1, 0.15) is 15.9 Å². The lowest BCUT2D eigenvalue weighted by Gasteiger charge is -2.16. The minimum Gasteiger partial charge on any atom is -0.467 e. The number of hydrogen-bond acceptors (Lipinski definition) is 3. The van der Waals surface area contributed by atoms with Crippen LogP contribution in [0, 0.1) is 5.82 Å². The van der Waals surface area contributed by atoms with Crippen LogP contribution >= 0.6 is 0 Å². The van der Waals surface area contributed by atoms with Crippen molar-refractivity contribution in [1.82, 2.24) is 5.32 Å². The summed E-state index contributed by atoms with van der Waals surface area (Å²) in [6, 6.07) is 13.7. The lowest BCUT2D eigenvalue weighted by molar-refractivity contribution is -0.142. The third kappa shape index (κ3) is 4.15. The quantitative estimate of drug-likeness (QED) is 0.862.